The minimum Gasteiger partial charge on any atom is -0.508 e. The summed E-state index contributed by atoms with van der Waals surface area (Å²) in [7, 11) is 0. The van der Waals surface area contributed by atoms with Crippen LogP contribution in [0.4, 0.5) is 0 Å². The summed E-state index contributed by atoms with van der Waals surface area (Å²) in [5, 5.41) is 19.0. The van der Waals surface area contributed by atoms with Gasteiger partial charge in [-0.3, -0.25) is 4.79 Å². The van der Waals surface area contributed by atoms with Gasteiger partial charge in [0, 0.05) is 11.6 Å². The van der Waals surface area contributed by atoms with Crippen LogP contribution in [0.15, 0.2) is 43.0 Å². The number of benzene rings is 2. The minimum atomic E-state index is -0.425. The number of phenolic OH excluding ortho intramolecular Hbond substituents is 2. The van der Waals surface area contributed by atoms with Crippen molar-refractivity contribution < 1.29 is 24.5 Å². The Hall–Kier alpha value is -2.95. The van der Waals surface area contributed by atoms with Gasteiger partial charge in [-0.15, -0.1) is 0 Å². The summed E-state index contributed by atoms with van der Waals surface area (Å²) in [4.78, 5) is 12.4. The molecule has 5 nitrogen and oxygen atoms in total. The summed E-state index contributed by atoms with van der Waals surface area (Å²) in [6.07, 6.45) is 0. The molecule has 0 fully saturated rings. The molecule has 0 radical (unpaired) electrons. The number of Topliss-reactive ketones (excluding diaryl/α,β-unsaturated/α-hetero) is 1. The molecule has 0 unspecified atom stereocenters. The fourth-order valence-corrected chi connectivity index (χ4v) is 2.09. The van der Waals surface area contributed by atoms with Crippen LogP contribution in [0.1, 0.15) is 15.9 Å². The van der Waals surface area contributed by atoms with Gasteiger partial charge in [0.1, 0.15) is 11.5 Å². The number of allylic oxidation sites excluding steroid dienone is 1. The smallest absolute Gasteiger partial charge is 0.231 e. The molecule has 1 heterocycles. The molecule has 1 aliphatic rings. The number of phenols is 2. The Bertz CT molecular complexity index is 748. The van der Waals surface area contributed by atoms with E-state index in [-0.39, 0.29) is 29.4 Å². The zero-order valence-corrected chi connectivity index (χ0v) is 11.0. The van der Waals surface area contributed by atoms with E-state index in [1.807, 2.05) is 0 Å². The van der Waals surface area contributed by atoms with E-state index in [1.165, 1.54) is 12.1 Å². The van der Waals surface area contributed by atoms with Crippen molar-refractivity contribution in [1.82, 2.24) is 0 Å². The molecule has 0 saturated heterocycles. The normalized spacial score (nSPS) is 12.2. The van der Waals surface area contributed by atoms with Crippen LogP contribution in [0.25, 0.3) is 5.57 Å². The van der Waals surface area contributed by atoms with Gasteiger partial charge < -0.3 is 19.7 Å². The largest absolute Gasteiger partial charge is 0.508 e. The highest BCUT2D eigenvalue weighted by atomic mass is 16.7. The second-order valence-corrected chi connectivity index (χ2v) is 4.58. The second kappa shape index (κ2) is 4.86. The standard InChI is InChI=1S/C16H12O5/c1-9(10-2-5-14-15(6-10)21-8-20-14)16(19)12-4-3-11(17)7-13(12)18/h2-7,17-18H,1,8H2. The van der Waals surface area contributed by atoms with Crippen molar-refractivity contribution in [2.45, 2.75) is 0 Å². The zero-order valence-electron chi connectivity index (χ0n) is 11.0. The summed E-state index contributed by atoms with van der Waals surface area (Å²) in [6, 6.07) is 8.86. The molecule has 0 amide bonds. The molecular formula is C16H12O5. The Morgan fingerprint density at radius 2 is 1.81 bits per heavy atom. The number of ether oxygens (including phenoxy) is 2. The molecular weight excluding hydrogens is 272 g/mol. The van der Waals surface area contributed by atoms with E-state index >= 15 is 0 Å². The highest BCUT2D eigenvalue weighted by molar-refractivity contribution is 6.29. The number of hydrogen-bond acceptors (Lipinski definition) is 5. The summed E-state index contributed by atoms with van der Waals surface area (Å²) in [5.41, 5.74) is 0.876. The highest BCUT2D eigenvalue weighted by Crippen LogP contribution is 2.35. The number of aromatic hydroxyl groups is 2. The molecule has 0 bridgehead atoms. The van der Waals surface area contributed by atoms with Crippen LogP contribution in [-0.2, 0) is 0 Å². The van der Waals surface area contributed by atoms with Gasteiger partial charge in [-0.25, -0.2) is 0 Å². The molecule has 0 aliphatic carbocycles. The number of ketones is 1. The van der Waals surface area contributed by atoms with Crippen LogP contribution in [0.5, 0.6) is 23.0 Å². The summed E-state index contributed by atoms with van der Waals surface area (Å²) >= 11 is 0. The first kappa shape index (κ1) is 13.1. The molecule has 21 heavy (non-hydrogen) atoms. The van der Waals surface area contributed by atoms with Crippen LogP contribution >= 0.6 is 0 Å². The Morgan fingerprint density at radius 1 is 1.05 bits per heavy atom. The van der Waals surface area contributed by atoms with Gasteiger partial charge in [0.15, 0.2) is 17.3 Å². The van der Waals surface area contributed by atoms with Crippen LogP contribution in [0.3, 0.4) is 0 Å². The van der Waals surface area contributed by atoms with E-state index in [0.29, 0.717) is 17.1 Å². The van der Waals surface area contributed by atoms with Crippen molar-refractivity contribution in [2.75, 3.05) is 6.79 Å². The van der Waals surface area contributed by atoms with Crippen molar-refractivity contribution in [2.24, 2.45) is 0 Å². The third kappa shape index (κ3) is 2.29. The number of carbonyl (C=O) groups is 1. The molecule has 2 aromatic rings. The molecule has 106 valence electrons. The molecule has 2 aromatic carbocycles. The average molecular weight is 284 g/mol. The van der Waals surface area contributed by atoms with Gasteiger partial charge in [-0.05, 0) is 29.8 Å². The highest BCUT2D eigenvalue weighted by Gasteiger charge is 2.19. The fraction of sp³-hybridized carbons (Fsp3) is 0.0625. The first-order valence-corrected chi connectivity index (χ1v) is 6.22. The topological polar surface area (TPSA) is 76.0 Å². The minimum absolute atomic E-state index is 0.0791. The summed E-state index contributed by atoms with van der Waals surface area (Å²) in [5.74, 6) is 0.342. The van der Waals surface area contributed by atoms with Crippen molar-refractivity contribution >= 4 is 11.4 Å². The van der Waals surface area contributed by atoms with Gasteiger partial charge in [0.25, 0.3) is 0 Å². The molecule has 0 atom stereocenters. The molecule has 5 heteroatoms. The van der Waals surface area contributed by atoms with E-state index in [1.54, 1.807) is 18.2 Å². The van der Waals surface area contributed by atoms with Crippen molar-refractivity contribution in [1.29, 1.82) is 0 Å². The van der Waals surface area contributed by atoms with Crippen molar-refractivity contribution in [3.05, 3.63) is 54.1 Å². The quantitative estimate of drug-likeness (QED) is 0.669. The Morgan fingerprint density at radius 3 is 2.57 bits per heavy atom. The van der Waals surface area contributed by atoms with Gasteiger partial charge in [0.05, 0.1) is 5.56 Å². The number of rotatable bonds is 3. The third-order valence-electron chi connectivity index (χ3n) is 3.22. The summed E-state index contributed by atoms with van der Waals surface area (Å²) in [6.45, 7) is 3.92. The van der Waals surface area contributed by atoms with Crippen LogP contribution in [-0.4, -0.2) is 22.8 Å². The lowest BCUT2D eigenvalue weighted by atomic mass is 9.97. The number of carbonyl (C=O) groups excluding carboxylic acids is 1. The maximum Gasteiger partial charge on any atom is 0.231 e. The second-order valence-electron chi connectivity index (χ2n) is 4.58. The Labute approximate surface area is 120 Å². The van der Waals surface area contributed by atoms with Crippen molar-refractivity contribution in [3.63, 3.8) is 0 Å². The van der Waals surface area contributed by atoms with E-state index < -0.39 is 5.78 Å². The molecule has 2 N–H and O–H groups in total. The molecule has 0 saturated carbocycles. The van der Waals surface area contributed by atoms with Gasteiger partial charge >= 0.3 is 0 Å². The maximum atomic E-state index is 12.4. The molecule has 0 spiro atoms. The van der Waals surface area contributed by atoms with E-state index in [9.17, 15) is 15.0 Å². The number of hydrogen-bond donors (Lipinski definition) is 2. The number of fused-ring (bicyclic) bond motifs is 1. The molecule has 1 aliphatic heterocycles. The van der Waals surface area contributed by atoms with E-state index in [0.717, 1.165) is 6.07 Å². The van der Waals surface area contributed by atoms with E-state index in [4.69, 9.17) is 9.47 Å². The van der Waals surface area contributed by atoms with E-state index in [2.05, 4.69) is 6.58 Å². The lowest BCUT2D eigenvalue weighted by Gasteiger charge is -2.08. The Balaban J connectivity index is 1.93. The first-order chi connectivity index (χ1) is 10.1. The van der Waals surface area contributed by atoms with Crippen LogP contribution in [0, 0.1) is 0 Å². The molecule has 3 rings (SSSR count). The fourth-order valence-electron chi connectivity index (χ4n) is 2.09. The average Bonchev–Trinajstić information content (AvgIpc) is 2.93. The van der Waals surface area contributed by atoms with Crippen LogP contribution < -0.4 is 9.47 Å². The lowest BCUT2D eigenvalue weighted by Crippen LogP contribution is -2.02. The van der Waals surface area contributed by atoms with Crippen molar-refractivity contribution in [3.8, 4) is 23.0 Å². The predicted molar refractivity (Wildman–Crippen MR) is 75.7 cm³/mol. The van der Waals surface area contributed by atoms with Gasteiger partial charge in [-0.2, -0.15) is 0 Å². The molecule has 0 aromatic heterocycles. The van der Waals surface area contributed by atoms with Gasteiger partial charge in [0.2, 0.25) is 6.79 Å². The predicted octanol–water partition coefficient (Wildman–Crippen LogP) is 2.72. The van der Waals surface area contributed by atoms with Crippen LogP contribution in [0.2, 0.25) is 0 Å². The maximum absolute atomic E-state index is 12.4. The monoisotopic (exact) mass is 284 g/mol. The summed E-state index contributed by atoms with van der Waals surface area (Å²) < 4.78 is 10.5. The SMILES string of the molecule is C=C(C(=O)c1ccc(O)cc1O)c1ccc2c(c1)OCO2. The first-order valence-electron chi connectivity index (χ1n) is 6.22. The lowest BCUT2D eigenvalue weighted by molar-refractivity contribution is 0.105. The van der Waals surface area contributed by atoms with Gasteiger partial charge in [-0.1, -0.05) is 12.6 Å². The zero-order chi connectivity index (χ0) is 15.0. The third-order valence-corrected chi connectivity index (χ3v) is 3.22. The Kier molecular flexibility index (Phi) is 3.02.